The summed E-state index contributed by atoms with van der Waals surface area (Å²) in [5, 5.41) is 6.99. The minimum atomic E-state index is -0.0623. The highest BCUT2D eigenvalue weighted by atomic mass is 16.2. The molecule has 1 aromatic heterocycles. The summed E-state index contributed by atoms with van der Waals surface area (Å²) in [6.45, 7) is 0.597. The number of likely N-dealkylation sites (N-methyl/N-ethyl adjacent to an activating group) is 1. The van der Waals surface area contributed by atoms with Crippen molar-refractivity contribution < 1.29 is 9.59 Å². The number of carbonyl (C=O) groups excluding carboxylic acids is 2. The number of rotatable bonds is 6. The van der Waals surface area contributed by atoms with Gasteiger partial charge in [0.15, 0.2) is 0 Å². The van der Waals surface area contributed by atoms with Gasteiger partial charge in [0, 0.05) is 38.8 Å². The minimum absolute atomic E-state index is 0.0510. The average molecular weight is 358 g/mol. The van der Waals surface area contributed by atoms with E-state index in [0.717, 1.165) is 23.3 Å². The average Bonchev–Trinajstić information content (AvgIpc) is 2.95. The monoisotopic (exact) mass is 358 g/mol. The van der Waals surface area contributed by atoms with Gasteiger partial charge in [-0.25, -0.2) is 0 Å². The molecule has 0 saturated heterocycles. The van der Waals surface area contributed by atoms with Crippen LogP contribution >= 0.6 is 0 Å². The molecule has 1 N–H and O–H groups in total. The molecule has 26 heavy (non-hydrogen) atoms. The summed E-state index contributed by atoms with van der Waals surface area (Å²) >= 11 is 0. The number of hydrogen-bond donors (Lipinski definition) is 1. The van der Waals surface area contributed by atoms with E-state index in [0.29, 0.717) is 13.0 Å². The van der Waals surface area contributed by atoms with E-state index in [9.17, 15) is 9.59 Å². The van der Waals surface area contributed by atoms with Crippen molar-refractivity contribution in [2.24, 2.45) is 30.2 Å². The fourth-order valence-corrected chi connectivity index (χ4v) is 6.13. The van der Waals surface area contributed by atoms with Gasteiger partial charge in [0.2, 0.25) is 11.8 Å². The molecular weight excluding hydrogens is 328 g/mol. The van der Waals surface area contributed by atoms with Crippen molar-refractivity contribution in [2.45, 2.75) is 51.5 Å². The van der Waals surface area contributed by atoms with Crippen LogP contribution in [0.25, 0.3) is 0 Å². The fourth-order valence-electron chi connectivity index (χ4n) is 6.13. The third-order valence-corrected chi connectivity index (χ3v) is 6.74. The Balaban J connectivity index is 1.25. The highest BCUT2D eigenvalue weighted by Gasteiger charge is 2.51. The molecular formula is C20H30N4O2. The zero-order valence-corrected chi connectivity index (χ0v) is 15.9. The second kappa shape index (κ2) is 6.71. The van der Waals surface area contributed by atoms with Crippen LogP contribution in [-0.2, 0) is 23.2 Å². The highest BCUT2D eigenvalue weighted by molar-refractivity contribution is 5.84. The van der Waals surface area contributed by atoms with Gasteiger partial charge in [0.1, 0.15) is 0 Å². The van der Waals surface area contributed by atoms with Crippen molar-refractivity contribution in [1.82, 2.24) is 20.0 Å². The van der Waals surface area contributed by atoms with Crippen molar-refractivity contribution in [2.75, 3.05) is 13.6 Å². The molecule has 1 heterocycles. The van der Waals surface area contributed by atoms with Gasteiger partial charge in [-0.05, 0) is 61.7 Å². The molecule has 0 aliphatic heterocycles. The van der Waals surface area contributed by atoms with E-state index in [-0.39, 0.29) is 23.8 Å². The number of aryl methyl sites for hydroxylation is 1. The highest BCUT2D eigenvalue weighted by Crippen LogP contribution is 2.61. The molecule has 6 heteroatoms. The Morgan fingerprint density at radius 3 is 2.38 bits per heavy atom. The van der Waals surface area contributed by atoms with E-state index >= 15 is 0 Å². The Kier molecular flexibility index (Phi) is 4.53. The zero-order valence-electron chi connectivity index (χ0n) is 15.9. The Hall–Kier alpha value is -1.85. The van der Waals surface area contributed by atoms with E-state index in [2.05, 4.69) is 10.4 Å². The van der Waals surface area contributed by atoms with Crippen LogP contribution in [0.3, 0.4) is 0 Å². The van der Waals surface area contributed by atoms with Gasteiger partial charge in [0.05, 0.1) is 12.7 Å². The van der Waals surface area contributed by atoms with E-state index in [1.165, 1.54) is 38.5 Å². The largest absolute Gasteiger partial charge is 0.347 e. The second-order valence-corrected chi connectivity index (χ2v) is 9.14. The third-order valence-electron chi connectivity index (χ3n) is 6.74. The lowest BCUT2D eigenvalue weighted by Crippen LogP contribution is -2.48. The topological polar surface area (TPSA) is 67.2 Å². The molecule has 0 aromatic carbocycles. The van der Waals surface area contributed by atoms with Crippen LogP contribution in [0.2, 0.25) is 0 Å². The first-order chi connectivity index (χ1) is 12.4. The molecule has 0 unspecified atom stereocenters. The molecule has 4 saturated carbocycles. The van der Waals surface area contributed by atoms with Crippen molar-refractivity contribution in [1.29, 1.82) is 0 Å². The normalized spacial score (nSPS) is 31.8. The Bertz CT molecular complexity index is 660. The van der Waals surface area contributed by atoms with Gasteiger partial charge in [0.25, 0.3) is 0 Å². The van der Waals surface area contributed by atoms with Crippen LogP contribution in [0.4, 0.5) is 0 Å². The lowest BCUT2D eigenvalue weighted by molar-refractivity contribution is -0.135. The molecule has 1 aromatic rings. The van der Waals surface area contributed by atoms with Crippen LogP contribution in [-0.4, -0.2) is 40.1 Å². The predicted octanol–water partition coefficient (Wildman–Crippen LogP) is 2.10. The van der Waals surface area contributed by atoms with Crippen LogP contribution in [0, 0.1) is 23.2 Å². The van der Waals surface area contributed by atoms with Crippen molar-refractivity contribution >= 4 is 11.8 Å². The van der Waals surface area contributed by atoms with Crippen LogP contribution < -0.4 is 5.32 Å². The Labute approximate surface area is 155 Å². The van der Waals surface area contributed by atoms with Crippen molar-refractivity contribution in [3.63, 3.8) is 0 Å². The van der Waals surface area contributed by atoms with Crippen molar-refractivity contribution in [3.05, 3.63) is 18.0 Å². The molecule has 4 bridgehead atoms. The number of hydrogen-bond acceptors (Lipinski definition) is 3. The summed E-state index contributed by atoms with van der Waals surface area (Å²) in [6.07, 6.45) is 12.1. The summed E-state index contributed by atoms with van der Waals surface area (Å²) in [6, 6.07) is 0. The van der Waals surface area contributed by atoms with E-state index in [4.69, 9.17) is 0 Å². The Morgan fingerprint density at radius 2 is 1.85 bits per heavy atom. The molecule has 4 fully saturated rings. The second-order valence-electron chi connectivity index (χ2n) is 9.14. The summed E-state index contributed by atoms with van der Waals surface area (Å²) in [5.41, 5.74) is 1.21. The van der Waals surface area contributed by atoms with Gasteiger partial charge in [-0.2, -0.15) is 5.10 Å². The maximum Gasteiger partial charge on any atom is 0.242 e. The SMILES string of the molecule is CN(Cc1cnn(C)c1)C(=O)CNC(=O)CC12CC3CC(CC(C3)C1)C2. The summed E-state index contributed by atoms with van der Waals surface area (Å²) in [4.78, 5) is 26.5. The minimum Gasteiger partial charge on any atom is -0.347 e. The number of carbonyl (C=O) groups is 2. The van der Waals surface area contributed by atoms with E-state index in [1.807, 2.05) is 13.2 Å². The molecule has 4 aliphatic rings. The fraction of sp³-hybridized carbons (Fsp3) is 0.750. The van der Waals surface area contributed by atoms with Crippen LogP contribution in [0.15, 0.2) is 12.4 Å². The first kappa shape index (κ1) is 17.6. The quantitative estimate of drug-likeness (QED) is 0.847. The van der Waals surface area contributed by atoms with E-state index < -0.39 is 0 Å². The lowest BCUT2D eigenvalue weighted by Gasteiger charge is -2.56. The zero-order chi connectivity index (χ0) is 18.3. The number of amides is 2. The first-order valence-corrected chi connectivity index (χ1v) is 9.89. The smallest absolute Gasteiger partial charge is 0.242 e. The maximum absolute atomic E-state index is 12.5. The van der Waals surface area contributed by atoms with E-state index in [1.54, 1.807) is 22.8 Å². The Morgan fingerprint density at radius 1 is 1.23 bits per heavy atom. The molecule has 2 amide bonds. The molecule has 0 radical (unpaired) electrons. The maximum atomic E-state index is 12.5. The summed E-state index contributed by atoms with van der Waals surface area (Å²) in [7, 11) is 3.62. The van der Waals surface area contributed by atoms with Gasteiger partial charge in [-0.1, -0.05) is 0 Å². The number of nitrogens with zero attached hydrogens (tertiary/aromatic N) is 3. The number of aromatic nitrogens is 2. The molecule has 0 spiro atoms. The summed E-state index contributed by atoms with van der Waals surface area (Å²) in [5.74, 6) is 2.53. The summed E-state index contributed by atoms with van der Waals surface area (Å²) < 4.78 is 1.72. The van der Waals surface area contributed by atoms with Gasteiger partial charge in [-0.3, -0.25) is 14.3 Å². The predicted molar refractivity (Wildman–Crippen MR) is 97.9 cm³/mol. The third kappa shape index (κ3) is 3.64. The van der Waals surface area contributed by atoms with Crippen LogP contribution in [0.5, 0.6) is 0 Å². The van der Waals surface area contributed by atoms with Gasteiger partial charge >= 0.3 is 0 Å². The van der Waals surface area contributed by atoms with Gasteiger partial charge < -0.3 is 10.2 Å². The lowest BCUT2D eigenvalue weighted by atomic mass is 9.49. The molecule has 142 valence electrons. The molecule has 6 nitrogen and oxygen atoms in total. The number of nitrogens with one attached hydrogen (secondary N) is 1. The molecule has 4 aliphatic carbocycles. The molecule has 5 rings (SSSR count). The first-order valence-electron chi connectivity index (χ1n) is 9.89. The van der Waals surface area contributed by atoms with Crippen molar-refractivity contribution in [3.8, 4) is 0 Å². The molecule has 0 atom stereocenters. The standard InChI is InChI=1S/C20H30N4O2/c1-23(12-17-10-22-24(2)13-17)19(26)11-21-18(25)9-20-6-14-3-15(7-20)5-16(4-14)8-20/h10,13-16H,3-9,11-12H2,1-2H3,(H,21,25). The van der Waals surface area contributed by atoms with Crippen LogP contribution in [0.1, 0.15) is 50.5 Å². The van der Waals surface area contributed by atoms with Gasteiger partial charge in [-0.15, -0.1) is 0 Å².